The second-order valence-electron chi connectivity index (χ2n) is 12.5. The second-order valence-corrected chi connectivity index (χ2v) is 12.5. The van der Waals surface area contributed by atoms with E-state index < -0.39 is 0 Å². The third kappa shape index (κ3) is 3.54. The first kappa shape index (κ1) is 25.6. The Bertz CT molecular complexity index is 3130. The molecule has 222 valence electrons. The zero-order valence-corrected chi connectivity index (χ0v) is 25.6. The van der Waals surface area contributed by atoms with Gasteiger partial charge in [0.25, 0.3) is 0 Å². The summed E-state index contributed by atoms with van der Waals surface area (Å²) in [6.07, 6.45) is 0. The van der Waals surface area contributed by atoms with Gasteiger partial charge in [0.2, 0.25) is 5.71 Å². The molecule has 0 saturated carbocycles. The first-order valence-corrected chi connectivity index (χ1v) is 16.2. The summed E-state index contributed by atoms with van der Waals surface area (Å²) >= 11 is 0. The van der Waals surface area contributed by atoms with Crippen molar-refractivity contribution in [1.82, 2.24) is 9.97 Å². The minimum absolute atomic E-state index is 0.549. The highest BCUT2D eigenvalue weighted by atomic mass is 16.3. The summed E-state index contributed by atoms with van der Waals surface area (Å²) in [5.41, 5.74) is 10.0. The SMILES string of the molecule is c1cc(-c2ccc3oc4nc5c6ccccc6c6ccccc6c5nc4c3c2)cc(-c2cccc3c2oc2ccc4ccccc4c23)c1. The molecule has 0 aliphatic carbocycles. The van der Waals surface area contributed by atoms with Crippen molar-refractivity contribution in [2.45, 2.75) is 0 Å². The van der Waals surface area contributed by atoms with Crippen LogP contribution in [-0.4, -0.2) is 9.97 Å². The van der Waals surface area contributed by atoms with Gasteiger partial charge in [0.15, 0.2) is 0 Å². The zero-order valence-electron chi connectivity index (χ0n) is 25.6. The number of nitrogens with zero attached hydrogens (tertiary/aromatic N) is 2. The van der Waals surface area contributed by atoms with Crippen molar-refractivity contribution in [2.75, 3.05) is 0 Å². The van der Waals surface area contributed by atoms with Crippen molar-refractivity contribution in [3.05, 3.63) is 146 Å². The molecule has 0 bridgehead atoms. The number of hydrogen-bond donors (Lipinski definition) is 0. The van der Waals surface area contributed by atoms with Gasteiger partial charge >= 0.3 is 0 Å². The predicted octanol–water partition coefficient (Wildman–Crippen LogP) is 12.2. The summed E-state index contributed by atoms with van der Waals surface area (Å²) in [6.45, 7) is 0. The molecule has 0 atom stereocenters. The Balaban J connectivity index is 1.09. The molecule has 4 nitrogen and oxygen atoms in total. The fourth-order valence-electron chi connectivity index (χ4n) is 7.64. The van der Waals surface area contributed by atoms with Crippen molar-refractivity contribution in [2.24, 2.45) is 0 Å². The van der Waals surface area contributed by atoms with Crippen LogP contribution in [-0.2, 0) is 0 Å². The van der Waals surface area contributed by atoms with Gasteiger partial charge in [-0.05, 0) is 62.5 Å². The zero-order chi connectivity index (χ0) is 31.3. The summed E-state index contributed by atoms with van der Waals surface area (Å²) in [5, 5.41) is 10.2. The Morgan fingerprint density at radius 1 is 0.375 bits per heavy atom. The Kier molecular flexibility index (Phi) is 5.08. The number of rotatable bonds is 2. The maximum absolute atomic E-state index is 6.55. The number of para-hydroxylation sites is 1. The van der Waals surface area contributed by atoms with Gasteiger partial charge in [-0.3, -0.25) is 0 Å². The summed E-state index contributed by atoms with van der Waals surface area (Å²) in [7, 11) is 0. The molecule has 0 unspecified atom stereocenters. The predicted molar refractivity (Wildman–Crippen MR) is 197 cm³/mol. The average Bonchev–Trinajstić information content (AvgIpc) is 3.72. The molecule has 3 heterocycles. The molecule has 0 aliphatic heterocycles. The van der Waals surface area contributed by atoms with Crippen LogP contribution in [0.2, 0.25) is 0 Å². The molecule has 0 radical (unpaired) electrons. The number of aromatic nitrogens is 2. The minimum Gasteiger partial charge on any atom is -0.455 e. The summed E-state index contributed by atoms with van der Waals surface area (Å²) in [5.74, 6) is 0. The Hall–Kier alpha value is -6.52. The van der Waals surface area contributed by atoms with E-state index in [0.717, 1.165) is 82.5 Å². The molecule has 11 rings (SSSR count). The molecular weight excluding hydrogens is 588 g/mol. The lowest BCUT2D eigenvalue weighted by atomic mass is 9.96. The number of fused-ring (bicyclic) bond motifs is 14. The van der Waals surface area contributed by atoms with Crippen LogP contribution in [0.5, 0.6) is 0 Å². The van der Waals surface area contributed by atoms with Gasteiger partial charge in [0.05, 0.1) is 5.52 Å². The molecule has 0 aliphatic rings. The highest BCUT2D eigenvalue weighted by Gasteiger charge is 2.18. The third-order valence-corrected chi connectivity index (χ3v) is 9.85. The largest absolute Gasteiger partial charge is 0.455 e. The van der Waals surface area contributed by atoms with Crippen LogP contribution in [0.4, 0.5) is 0 Å². The molecule has 11 aromatic rings. The molecule has 0 saturated heterocycles. The van der Waals surface area contributed by atoms with Gasteiger partial charge in [0, 0.05) is 32.5 Å². The van der Waals surface area contributed by atoms with E-state index >= 15 is 0 Å². The van der Waals surface area contributed by atoms with Gasteiger partial charge < -0.3 is 8.83 Å². The molecule has 0 N–H and O–H groups in total. The maximum atomic E-state index is 6.55. The van der Waals surface area contributed by atoms with E-state index in [2.05, 4.69) is 140 Å². The monoisotopic (exact) mass is 612 g/mol. The van der Waals surface area contributed by atoms with Gasteiger partial charge in [-0.1, -0.05) is 121 Å². The van der Waals surface area contributed by atoms with Gasteiger partial charge in [0.1, 0.15) is 27.8 Å². The quantitative estimate of drug-likeness (QED) is 0.182. The lowest BCUT2D eigenvalue weighted by molar-refractivity contribution is 0.655. The molecule has 8 aromatic carbocycles. The molecule has 48 heavy (non-hydrogen) atoms. The lowest BCUT2D eigenvalue weighted by Crippen LogP contribution is -1.89. The third-order valence-electron chi connectivity index (χ3n) is 9.85. The van der Waals surface area contributed by atoms with Crippen LogP contribution < -0.4 is 0 Å². The fourth-order valence-corrected chi connectivity index (χ4v) is 7.64. The number of benzene rings is 8. The van der Waals surface area contributed by atoms with Gasteiger partial charge in [-0.25, -0.2) is 9.97 Å². The van der Waals surface area contributed by atoms with E-state index in [-0.39, 0.29) is 0 Å². The van der Waals surface area contributed by atoms with Crippen LogP contribution in [0.25, 0.3) is 110 Å². The maximum Gasteiger partial charge on any atom is 0.246 e. The molecule has 3 aromatic heterocycles. The number of furan rings is 2. The molecule has 4 heteroatoms. The highest BCUT2D eigenvalue weighted by molar-refractivity contribution is 6.24. The normalized spacial score (nSPS) is 12.2. The van der Waals surface area contributed by atoms with Crippen molar-refractivity contribution in [1.29, 1.82) is 0 Å². The number of hydrogen-bond acceptors (Lipinski definition) is 4. The van der Waals surface area contributed by atoms with Gasteiger partial charge in [-0.2, -0.15) is 0 Å². The molecule has 0 fully saturated rings. The van der Waals surface area contributed by atoms with E-state index in [1.165, 1.54) is 21.5 Å². The lowest BCUT2D eigenvalue weighted by Gasteiger charge is -2.08. The molecular formula is C44H24N2O2. The van der Waals surface area contributed by atoms with E-state index in [1.807, 2.05) is 6.07 Å². The van der Waals surface area contributed by atoms with E-state index in [9.17, 15) is 0 Å². The second kappa shape index (κ2) is 9.50. The fraction of sp³-hybridized carbons (Fsp3) is 0. The van der Waals surface area contributed by atoms with E-state index in [1.54, 1.807) is 0 Å². The Morgan fingerprint density at radius 2 is 1.02 bits per heavy atom. The van der Waals surface area contributed by atoms with Crippen molar-refractivity contribution in [3.8, 4) is 22.3 Å². The van der Waals surface area contributed by atoms with Crippen LogP contribution in [0.3, 0.4) is 0 Å². The van der Waals surface area contributed by atoms with Gasteiger partial charge in [-0.15, -0.1) is 0 Å². The first-order chi connectivity index (χ1) is 23.8. The first-order valence-electron chi connectivity index (χ1n) is 16.2. The minimum atomic E-state index is 0.549. The van der Waals surface area contributed by atoms with Crippen molar-refractivity contribution >= 4 is 87.5 Å². The molecule has 0 amide bonds. The standard InChI is InChI=1S/C44H24N2O2/c1-2-12-29-25(9-1)19-22-38-39(29)35-18-8-17-30(43(35)47-38)28-11-7-10-26(23-28)27-20-21-37-36(24-27)42-44(48-37)46-41-34-16-6-4-14-32(34)31-13-3-5-15-33(31)40(41)45-42/h1-24H. The topological polar surface area (TPSA) is 52.1 Å². The highest BCUT2D eigenvalue weighted by Crippen LogP contribution is 2.41. The van der Waals surface area contributed by atoms with Crippen molar-refractivity contribution < 1.29 is 8.83 Å². The smallest absolute Gasteiger partial charge is 0.246 e. The average molecular weight is 613 g/mol. The molecule has 0 spiro atoms. The van der Waals surface area contributed by atoms with Crippen molar-refractivity contribution in [3.63, 3.8) is 0 Å². The van der Waals surface area contributed by atoms with Crippen LogP contribution in [0, 0.1) is 0 Å². The van der Waals surface area contributed by atoms with Crippen LogP contribution in [0.15, 0.2) is 154 Å². The van der Waals surface area contributed by atoms with E-state index in [0.29, 0.717) is 5.71 Å². The summed E-state index contributed by atoms with van der Waals surface area (Å²) in [6, 6.07) is 51.0. The summed E-state index contributed by atoms with van der Waals surface area (Å²) < 4.78 is 12.9. The Labute approximate surface area is 273 Å². The Morgan fingerprint density at radius 3 is 1.85 bits per heavy atom. The van der Waals surface area contributed by atoms with Crippen LogP contribution in [0.1, 0.15) is 0 Å². The summed E-state index contributed by atoms with van der Waals surface area (Å²) in [4.78, 5) is 10.3. The van der Waals surface area contributed by atoms with E-state index in [4.69, 9.17) is 18.8 Å². The van der Waals surface area contributed by atoms with Crippen LogP contribution >= 0.6 is 0 Å².